The van der Waals surface area contributed by atoms with Crippen LogP contribution in [0.2, 0.25) is 0 Å². The standard InChI is InChI=1S/C26H22Br4N2O2/c1-3-19(7-4-15(2)31)33-25-21(27)11-16(12-22(25)28)10-17-13-23(29)26(24(30)14-17)34-20-8-5-18(32)6-9-20/h3-9,11-14H,1,10,31-32H2,2H3/b15-4+,19-7+. The molecule has 0 aliphatic carbocycles. The average molecular weight is 714 g/mol. The molecule has 0 radical (unpaired) electrons. The van der Waals surface area contributed by atoms with Gasteiger partial charge in [-0.25, -0.2) is 0 Å². The first-order valence-electron chi connectivity index (χ1n) is 10.1. The first-order chi connectivity index (χ1) is 16.2. The van der Waals surface area contributed by atoms with Gasteiger partial charge in [0, 0.05) is 11.4 Å². The Labute approximate surface area is 233 Å². The summed E-state index contributed by atoms with van der Waals surface area (Å²) in [5, 5.41) is 0. The molecule has 0 aliphatic rings. The van der Waals surface area contributed by atoms with E-state index >= 15 is 0 Å². The molecule has 8 heteroatoms. The van der Waals surface area contributed by atoms with E-state index < -0.39 is 0 Å². The molecule has 0 aromatic heterocycles. The molecule has 0 saturated carbocycles. The van der Waals surface area contributed by atoms with Gasteiger partial charge in [-0.1, -0.05) is 6.58 Å². The number of benzene rings is 3. The number of nitrogen functional groups attached to an aromatic ring is 1. The molecule has 0 saturated heterocycles. The van der Waals surface area contributed by atoms with E-state index in [4.69, 9.17) is 20.9 Å². The van der Waals surface area contributed by atoms with E-state index in [9.17, 15) is 0 Å². The van der Waals surface area contributed by atoms with E-state index in [2.05, 4.69) is 70.3 Å². The van der Waals surface area contributed by atoms with Crippen LogP contribution in [0, 0.1) is 0 Å². The fraction of sp³-hybridized carbons (Fsp3) is 0.0769. The molecule has 3 aromatic rings. The molecule has 4 nitrogen and oxygen atoms in total. The van der Waals surface area contributed by atoms with Crippen LogP contribution in [-0.2, 0) is 6.42 Å². The summed E-state index contributed by atoms with van der Waals surface area (Å²) in [6, 6.07) is 15.4. The maximum absolute atomic E-state index is 6.03. The van der Waals surface area contributed by atoms with Crippen LogP contribution in [0.3, 0.4) is 0 Å². The summed E-state index contributed by atoms with van der Waals surface area (Å²) in [4.78, 5) is 0. The second kappa shape index (κ2) is 12.1. The zero-order chi connectivity index (χ0) is 24.8. The van der Waals surface area contributed by atoms with Crippen molar-refractivity contribution < 1.29 is 9.47 Å². The monoisotopic (exact) mass is 710 g/mol. The number of allylic oxidation sites excluding steroid dienone is 4. The van der Waals surface area contributed by atoms with Crippen LogP contribution >= 0.6 is 63.7 Å². The second-order valence-corrected chi connectivity index (χ2v) is 10.8. The van der Waals surface area contributed by atoms with Gasteiger partial charge in [-0.15, -0.1) is 0 Å². The summed E-state index contributed by atoms with van der Waals surface area (Å²) in [6.07, 6.45) is 5.88. The largest absolute Gasteiger partial charge is 0.455 e. The van der Waals surface area contributed by atoms with Gasteiger partial charge in [0.2, 0.25) is 0 Å². The molecular formula is C26H22Br4N2O2. The molecule has 0 unspecified atom stereocenters. The van der Waals surface area contributed by atoms with E-state index in [0.717, 1.165) is 29.0 Å². The highest BCUT2D eigenvalue weighted by Gasteiger charge is 2.14. The van der Waals surface area contributed by atoms with Crippen molar-refractivity contribution in [2.75, 3.05) is 5.73 Å². The lowest BCUT2D eigenvalue weighted by Crippen LogP contribution is -1.97. The third kappa shape index (κ3) is 7.25. The van der Waals surface area contributed by atoms with Gasteiger partial charge in [-0.2, -0.15) is 0 Å². The molecule has 0 bridgehead atoms. The fourth-order valence-corrected chi connectivity index (χ4v) is 5.87. The number of hydrogen-bond acceptors (Lipinski definition) is 4. The van der Waals surface area contributed by atoms with Crippen LogP contribution in [0.25, 0.3) is 0 Å². The van der Waals surface area contributed by atoms with Gasteiger partial charge >= 0.3 is 0 Å². The number of anilines is 1. The Morgan fingerprint density at radius 1 is 0.853 bits per heavy atom. The molecule has 3 rings (SSSR count). The molecule has 0 atom stereocenters. The molecule has 0 fully saturated rings. The highest BCUT2D eigenvalue weighted by atomic mass is 79.9. The van der Waals surface area contributed by atoms with E-state index in [1.165, 1.54) is 0 Å². The smallest absolute Gasteiger partial charge is 0.155 e. The van der Waals surface area contributed by atoms with E-state index in [-0.39, 0.29) is 0 Å². The van der Waals surface area contributed by atoms with Crippen molar-refractivity contribution in [3.8, 4) is 17.2 Å². The highest BCUT2D eigenvalue weighted by molar-refractivity contribution is 9.11. The SMILES string of the molecule is C=C/C(=C\C=C(/C)N)Oc1c(Br)cc(Cc2cc(Br)c(Oc3ccc(N)cc3)c(Br)c2)cc1Br. The molecule has 0 heterocycles. The van der Waals surface area contributed by atoms with Crippen LogP contribution in [0.5, 0.6) is 17.2 Å². The third-order valence-electron chi connectivity index (χ3n) is 4.56. The van der Waals surface area contributed by atoms with Crippen LogP contribution < -0.4 is 20.9 Å². The van der Waals surface area contributed by atoms with Gasteiger partial charge < -0.3 is 20.9 Å². The topological polar surface area (TPSA) is 70.5 Å². The van der Waals surface area contributed by atoms with Crippen LogP contribution in [-0.4, -0.2) is 0 Å². The summed E-state index contributed by atoms with van der Waals surface area (Å²) in [6.45, 7) is 5.61. The zero-order valence-corrected chi connectivity index (χ0v) is 24.6. The predicted octanol–water partition coefficient (Wildman–Crippen LogP) is 9.01. The van der Waals surface area contributed by atoms with Crippen molar-refractivity contribution in [1.82, 2.24) is 0 Å². The first kappa shape index (κ1) is 26.6. The first-order valence-corrected chi connectivity index (χ1v) is 13.3. The summed E-state index contributed by atoms with van der Waals surface area (Å²) >= 11 is 14.5. The lowest BCUT2D eigenvalue weighted by molar-refractivity contribution is 0.439. The van der Waals surface area contributed by atoms with Crippen molar-refractivity contribution in [1.29, 1.82) is 0 Å². The van der Waals surface area contributed by atoms with Crippen LogP contribution in [0.1, 0.15) is 18.1 Å². The molecule has 176 valence electrons. The van der Waals surface area contributed by atoms with Gasteiger partial charge in [-0.3, -0.25) is 0 Å². The lowest BCUT2D eigenvalue weighted by atomic mass is 10.0. The zero-order valence-electron chi connectivity index (χ0n) is 18.2. The van der Waals surface area contributed by atoms with Gasteiger partial charge in [0.25, 0.3) is 0 Å². The number of nitrogens with two attached hydrogens (primary N) is 2. The summed E-state index contributed by atoms with van der Waals surface area (Å²) in [7, 11) is 0. The van der Waals surface area contributed by atoms with E-state index in [0.29, 0.717) is 40.8 Å². The van der Waals surface area contributed by atoms with Crippen molar-refractivity contribution >= 4 is 69.4 Å². The molecule has 4 N–H and O–H groups in total. The Morgan fingerprint density at radius 2 is 1.35 bits per heavy atom. The fourth-order valence-electron chi connectivity index (χ4n) is 2.99. The summed E-state index contributed by atoms with van der Waals surface area (Å²) in [5.41, 5.74) is 15.0. The van der Waals surface area contributed by atoms with Gasteiger partial charge in [0.05, 0.1) is 17.9 Å². The molecule has 0 aliphatic heterocycles. The third-order valence-corrected chi connectivity index (χ3v) is 6.91. The lowest BCUT2D eigenvalue weighted by Gasteiger charge is -2.14. The second-order valence-electron chi connectivity index (χ2n) is 7.41. The maximum atomic E-state index is 6.03. The normalized spacial score (nSPS) is 11.9. The number of rotatable bonds is 8. The van der Waals surface area contributed by atoms with Crippen LogP contribution in [0.15, 0.2) is 103 Å². The Bertz CT molecular complexity index is 1220. The van der Waals surface area contributed by atoms with E-state index in [1.54, 1.807) is 30.4 Å². The molecule has 0 amide bonds. The summed E-state index contributed by atoms with van der Waals surface area (Å²) in [5.74, 6) is 2.65. The quantitative estimate of drug-likeness (QED) is 0.139. The Morgan fingerprint density at radius 3 is 1.82 bits per heavy atom. The molecular weight excluding hydrogens is 692 g/mol. The minimum Gasteiger partial charge on any atom is -0.455 e. The Balaban J connectivity index is 1.81. The molecule has 34 heavy (non-hydrogen) atoms. The van der Waals surface area contributed by atoms with Gasteiger partial charge in [0.1, 0.15) is 11.5 Å². The van der Waals surface area contributed by atoms with Gasteiger partial charge in [-0.05, 0) is 155 Å². The van der Waals surface area contributed by atoms with Crippen molar-refractivity contribution in [2.45, 2.75) is 13.3 Å². The number of ether oxygens (including phenoxy) is 2. The van der Waals surface area contributed by atoms with Crippen LogP contribution in [0.4, 0.5) is 5.69 Å². The van der Waals surface area contributed by atoms with Gasteiger partial charge in [0.15, 0.2) is 11.5 Å². The minimum absolute atomic E-state index is 0.587. The Hall–Kier alpha value is -2.00. The van der Waals surface area contributed by atoms with Crippen molar-refractivity contribution in [3.05, 3.63) is 114 Å². The molecule has 0 spiro atoms. The predicted molar refractivity (Wildman–Crippen MR) is 154 cm³/mol. The highest BCUT2D eigenvalue weighted by Crippen LogP contribution is 2.40. The number of halogens is 4. The Kier molecular flexibility index (Phi) is 9.47. The maximum Gasteiger partial charge on any atom is 0.155 e. The van der Waals surface area contributed by atoms with E-state index in [1.807, 2.05) is 43.3 Å². The minimum atomic E-state index is 0.587. The molecule has 3 aromatic carbocycles. The number of hydrogen-bond donors (Lipinski definition) is 2. The van der Waals surface area contributed by atoms with Crippen molar-refractivity contribution in [2.24, 2.45) is 5.73 Å². The average Bonchev–Trinajstić information content (AvgIpc) is 2.76. The van der Waals surface area contributed by atoms with Crippen molar-refractivity contribution in [3.63, 3.8) is 0 Å². The summed E-state index contributed by atoms with van der Waals surface area (Å²) < 4.78 is 15.4.